The molecule has 0 heterocycles. The van der Waals surface area contributed by atoms with Crippen molar-refractivity contribution >= 4 is 12.0 Å². The van der Waals surface area contributed by atoms with E-state index in [1.807, 2.05) is 27.7 Å². The molecule has 14 heavy (non-hydrogen) atoms. The van der Waals surface area contributed by atoms with Gasteiger partial charge in [0.15, 0.2) is 0 Å². The van der Waals surface area contributed by atoms with Crippen LogP contribution in [0.25, 0.3) is 0 Å². The fourth-order valence-electron chi connectivity index (χ4n) is 0.575. The Hall–Kier alpha value is -1.26. The molecule has 0 saturated heterocycles. The number of rotatable bonds is 3. The fourth-order valence-corrected chi connectivity index (χ4v) is 0.575. The molecule has 0 aliphatic rings. The molecule has 0 rings (SSSR count). The molecular formula is C9H18N2O3. The average molecular weight is 202 g/mol. The van der Waals surface area contributed by atoms with Gasteiger partial charge in [0.25, 0.3) is 0 Å². The van der Waals surface area contributed by atoms with E-state index >= 15 is 0 Å². The molecule has 1 atom stereocenters. The lowest BCUT2D eigenvalue weighted by Gasteiger charge is -2.26. The number of esters is 1. The highest BCUT2D eigenvalue weighted by molar-refractivity contribution is 5.79. The highest BCUT2D eigenvalue weighted by Crippen LogP contribution is 2.21. The van der Waals surface area contributed by atoms with Crippen LogP contribution >= 0.6 is 0 Å². The molecule has 0 aromatic rings. The number of hydrogen-bond acceptors (Lipinski definition) is 3. The number of amides is 2. The van der Waals surface area contributed by atoms with Crippen LogP contribution in [0.5, 0.6) is 0 Å². The van der Waals surface area contributed by atoms with Crippen LogP contribution in [0.15, 0.2) is 0 Å². The molecule has 0 aromatic carbocycles. The molecule has 0 fully saturated rings. The molecule has 2 amide bonds. The second-order valence-corrected chi connectivity index (χ2v) is 4.22. The average Bonchev–Trinajstić information content (AvgIpc) is 1.99. The lowest BCUT2D eigenvalue weighted by atomic mass is 9.90. The Kier molecular flexibility index (Phi) is 4.40. The van der Waals surface area contributed by atoms with Gasteiger partial charge in [0.05, 0.1) is 0 Å². The lowest BCUT2D eigenvalue weighted by Crippen LogP contribution is -2.37. The van der Waals surface area contributed by atoms with Crippen LogP contribution in [0.4, 0.5) is 4.79 Å². The first-order valence-corrected chi connectivity index (χ1v) is 4.46. The molecule has 0 aromatic heterocycles. The van der Waals surface area contributed by atoms with Gasteiger partial charge in [-0.1, -0.05) is 20.8 Å². The van der Waals surface area contributed by atoms with Crippen molar-refractivity contribution in [2.45, 2.75) is 33.8 Å². The number of hydrogen-bond donors (Lipinski definition) is 2. The van der Waals surface area contributed by atoms with Crippen molar-refractivity contribution in [1.29, 1.82) is 0 Å². The predicted molar refractivity (Wildman–Crippen MR) is 52.6 cm³/mol. The van der Waals surface area contributed by atoms with Gasteiger partial charge in [-0.25, -0.2) is 4.79 Å². The molecule has 3 N–H and O–H groups in total. The van der Waals surface area contributed by atoms with Gasteiger partial charge in [0.2, 0.25) is 0 Å². The van der Waals surface area contributed by atoms with Gasteiger partial charge < -0.3 is 15.8 Å². The fraction of sp³-hybridized carbons (Fsp3) is 0.778. The van der Waals surface area contributed by atoms with E-state index in [1.165, 1.54) is 0 Å². The standard InChI is InChI=1S/C9H18N2O3/c1-6(9(2,3)4)14-7(12)5-11-8(10)13/h6H,5H2,1-4H3,(H3,10,11,13)/t6-/m1/s1. The molecule has 82 valence electrons. The molecule has 5 heteroatoms. The van der Waals surface area contributed by atoms with Gasteiger partial charge in [0, 0.05) is 0 Å². The zero-order chi connectivity index (χ0) is 11.4. The summed E-state index contributed by atoms with van der Waals surface area (Å²) in [6, 6.07) is -0.731. The largest absolute Gasteiger partial charge is 0.461 e. The maximum atomic E-state index is 11.1. The van der Waals surface area contributed by atoms with E-state index in [0.29, 0.717) is 0 Å². The van der Waals surface area contributed by atoms with Crippen molar-refractivity contribution in [3.05, 3.63) is 0 Å². The normalized spacial score (nSPS) is 13.1. The highest BCUT2D eigenvalue weighted by Gasteiger charge is 2.23. The van der Waals surface area contributed by atoms with Crippen LogP contribution in [-0.2, 0) is 9.53 Å². The Morgan fingerprint density at radius 1 is 1.43 bits per heavy atom. The van der Waals surface area contributed by atoms with E-state index in [2.05, 4.69) is 5.32 Å². The predicted octanol–water partition coefficient (Wildman–Crippen LogP) is 0.632. The molecule has 5 nitrogen and oxygen atoms in total. The van der Waals surface area contributed by atoms with Crippen molar-refractivity contribution < 1.29 is 14.3 Å². The van der Waals surface area contributed by atoms with Crippen LogP contribution in [0, 0.1) is 5.41 Å². The van der Waals surface area contributed by atoms with Crippen molar-refractivity contribution in [2.75, 3.05) is 6.54 Å². The van der Waals surface area contributed by atoms with Crippen molar-refractivity contribution in [3.8, 4) is 0 Å². The smallest absolute Gasteiger partial charge is 0.325 e. The summed E-state index contributed by atoms with van der Waals surface area (Å²) >= 11 is 0. The van der Waals surface area contributed by atoms with Crippen LogP contribution in [0.2, 0.25) is 0 Å². The maximum absolute atomic E-state index is 11.1. The monoisotopic (exact) mass is 202 g/mol. The second-order valence-electron chi connectivity index (χ2n) is 4.22. The SMILES string of the molecule is C[C@@H](OC(=O)CNC(N)=O)C(C)(C)C. The van der Waals surface area contributed by atoms with E-state index in [0.717, 1.165) is 0 Å². The van der Waals surface area contributed by atoms with Gasteiger partial charge in [-0.3, -0.25) is 4.79 Å². The van der Waals surface area contributed by atoms with Crippen molar-refractivity contribution in [2.24, 2.45) is 11.1 Å². The number of nitrogens with two attached hydrogens (primary N) is 1. The first-order chi connectivity index (χ1) is 6.23. The topological polar surface area (TPSA) is 81.4 Å². The van der Waals surface area contributed by atoms with Gasteiger partial charge in [-0.2, -0.15) is 0 Å². The number of carbonyl (C=O) groups excluding carboxylic acids is 2. The number of urea groups is 1. The molecule has 0 aliphatic heterocycles. The summed E-state index contributed by atoms with van der Waals surface area (Å²) in [7, 11) is 0. The van der Waals surface area contributed by atoms with Crippen molar-refractivity contribution in [1.82, 2.24) is 5.32 Å². The van der Waals surface area contributed by atoms with E-state index in [1.54, 1.807) is 0 Å². The Morgan fingerprint density at radius 3 is 2.29 bits per heavy atom. The van der Waals surface area contributed by atoms with Crippen molar-refractivity contribution in [3.63, 3.8) is 0 Å². The summed E-state index contributed by atoms with van der Waals surface area (Å²) < 4.78 is 5.06. The number of primary amides is 1. The minimum atomic E-state index is -0.731. The molecule has 0 radical (unpaired) electrons. The third kappa shape index (κ3) is 5.40. The van der Waals surface area contributed by atoms with Gasteiger partial charge in [-0.15, -0.1) is 0 Å². The summed E-state index contributed by atoms with van der Waals surface area (Å²) in [5.74, 6) is -0.480. The molecule has 0 bridgehead atoms. The molecule has 0 spiro atoms. The second kappa shape index (κ2) is 4.83. The first kappa shape index (κ1) is 12.7. The van der Waals surface area contributed by atoms with E-state index in [-0.39, 0.29) is 18.1 Å². The summed E-state index contributed by atoms with van der Waals surface area (Å²) in [5, 5.41) is 2.17. The Morgan fingerprint density at radius 2 is 1.93 bits per heavy atom. The lowest BCUT2D eigenvalue weighted by molar-refractivity contribution is -0.151. The highest BCUT2D eigenvalue weighted by atomic mass is 16.5. The molecule has 0 unspecified atom stereocenters. The zero-order valence-corrected chi connectivity index (χ0v) is 9.09. The quantitative estimate of drug-likeness (QED) is 0.659. The number of carbonyl (C=O) groups is 2. The van der Waals surface area contributed by atoms with Gasteiger partial charge in [-0.05, 0) is 12.3 Å². The third-order valence-electron chi connectivity index (χ3n) is 1.93. The number of nitrogens with one attached hydrogen (secondary N) is 1. The molecule has 0 saturated carbocycles. The van der Waals surface area contributed by atoms with Crippen LogP contribution < -0.4 is 11.1 Å². The summed E-state index contributed by atoms with van der Waals surface area (Å²) in [6.07, 6.45) is -0.204. The van der Waals surface area contributed by atoms with E-state index < -0.39 is 12.0 Å². The summed E-state index contributed by atoms with van der Waals surface area (Å²) in [4.78, 5) is 21.4. The third-order valence-corrected chi connectivity index (χ3v) is 1.93. The maximum Gasteiger partial charge on any atom is 0.325 e. The van der Waals surface area contributed by atoms with Gasteiger partial charge in [0.1, 0.15) is 12.6 Å². The Labute approximate surface area is 84.0 Å². The van der Waals surface area contributed by atoms with E-state index in [4.69, 9.17) is 10.5 Å². The first-order valence-electron chi connectivity index (χ1n) is 4.46. The van der Waals surface area contributed by atoms with Crippen LogP contribution in [0.1, 0.15) is 27.7 Å². The van der Waals surface area contributed by atoms with E-state index in [9.17, 15) is 9.59 Å². The molecule has 0 aliphatic carbocycles. The zero-order valence-electron chi connectivity index (χ0n) is 9.09. The molecular weight excluding hydrogens is 184 g/mol. The van der Waals surface area contributed by atoms with Crippen LogP contribution in [0.3, 0.4) is 0 Å². The minimum Gasteiger partial charge on any atom is -0.461 e. The minimum absolute atomic E-state index is 0.109. The Bertz CT molecular complexity index is 221. The summed E-state index contributed by atoms with van der Waals surface area (Å²) in [6.45, 7) is 7.52. The van der Waals surface area contributed by atoms with Gasteiger partial charge >= 0.3 is 12.0 Å². The number of ether oxygens (including phenoxy) is 1. The summed E-state index contributed by atoms with van der Waals surface area (Å²) in [5.41, 5.74) is 4.69. The van der Waals surface area contributed by atoms with Crippen LogP contribution in [-0.4, -0.2) is 24.6 Å². The Balaban J connectivity index is 3.89.